The van der Waals surface area contributed by atoms with E-state index in [1.165, 1.54) is 51.4 Å². The molecule has 0 saturated heterocycles. The van der Waals surface area contributed by atoms with Crippen molar-refractivity contribution < 1.29 is 0 Å². The van der Waals surface area contributed by atoms with Gasteiger partial charge in [-0.15, -0.1) is 0 Å². The van der Waals surface area contributed by atoms with Gasteiger partial charge in [-0.05, 0) is 50.7 Å². The quantitative estimate of drug-likeness (QED) is 0.742. The summed E-state index contributed by atoms with van der Waals surface area (Å²) < 4.78 is 0. The average molecular weight is 240 g/mol. The van der Waals surface area contributed by atoms with Crippen LogP contribution < -0.4 is 10.6 Å². The lowest BCUT2D eigenvalue weighted by atomic mass is 9.80. The van der Waals surface area contributed by atoms with E-state index in [0.29, 0.717) is 12.1 Å². The molecule has 0 heterocycles. The van der Waals surface area contributed by atoms with E-state index in [2.05, 4.69) is 17.6 Å². The number of nitrogens with one attached hydrogen (secondary N) is 2. The molecule has 0 aromatic heterocycles. The van der Waals surface area contributed by atoms with Gasteiger partial charge in [-0.2, -0.15) is 0 Å². The average Bonchev–Trinajstić information content (AvgIpc) is 2.15. The molecule has 2 saturated carbocycles. The molecule has 92 valence electrons. The Bertz CT molecular complexity index is 226. The van der Waals surface area contributed by atoms with E-state index in [1.807, 2.05) is 0 Å². The van der Waals surface area contributed by atoms with Crippen molar-refractivity contribution in [2.75, 3.05) is 0 Å². The van der Waals surface area contributed by atoms with Crippen molar-refractivity contribution in [2.24, 2.45) is 5.92 Å². The molecule has 2 fully saturated rings. The Morgan fingerprint density at radius 3 is 2.31 bits per heavy atom. The smallest absolute Gasteiger partial charge is 0.166 e. The number of thiocarbonyl (C=S) groups is 1. The van der Waals surface area contributed by atoms with Gasteiger partial charge in [-0.25, -0.2) is 0 Å². The second kappa shape index (κ2) is 5.85. The van der Waals surface area contributed by atoms with Crippen molar-refractivity contribution in [3.05, 3.63) is 0 Å². The maximum Gasteiger partial charge on any atom is 0.166 e. The molecule has 2 rings (SSSR count). The van der Waals surface area contributed by atoms with Crippen LogP contribution in [0.2, 0.25) is 0 Å². The summed E-state index contributed by atoms with van der Waals surface area (Å²) in [5.41, 5.74) is 0. The van der Waals surface area contributed by atoms with Crippen LogP contribution in [0.4, 0.5) is 0 Å². The first-order chi connectivity index (χ1) is 7.75. The third-order valence-electron chi connectivity index (χ3n) is 4.16. The maximum absolute atomic E-state index is 5.38. The van der Waals surface area contributed by atoms with Gasteiger partial charge in [0.25, 0.3) is 0 Å². The van der Waals surface area contributed by atoms with Crippen LogP contribution in [0.3, 0.4) is 0 Å². The molecule has 1 unspecified atom stereocenters. The Hall–Kier alpha value is -0.310. The molecule has 2 aliphatic carbocycles. The van der Waals surface area contributed by atoms with E-state index in [1.54, 1.807) is 0 Å². The highest BCUT2D eigenvalue weighted by molar-refractivity contribution is 7.80. The predicted molar refractivity (Wildman–Crippen MR) is 72.5 cm³/mol. The summed E-state index contributed by atoms with van der Waals surface area (Å²) in [5, 5.41) is 7.80. The largest absolute Gasteiger partial charge is 0.360 e. The van der Waals surface area contributed by atoms with Crippen molar-refractivity contribution in [2.45, 2.75) is 70.4 Å². The molecule has 0 aliphatic heterocycles. The highest BCUT2D eigenvalue weighted by atomic mass is 32.1. The SMILES string of the molecule is CC(NC(=S)NC1CCCCC1)C1CCC1. The zero-order valence-electron chi connectivity index (χ0n) is 10.3. The molecule has 1 atom stereocenters. The topological polar surface area (TPSA) is 24.1 Å². The molecule has 0 bridgehead atoms. The molecule has 0 spiro atoms. The van der Waals surface area contributed by atoms with Crippen molar-refractivity contribution >= 4 is 17.3 Å². The molecule has 2 N–H and O–H groups in total. The second-order valence-corrected chi connectivity index (χ2v) is 5.84. The molecule has 2 aliphatic rings. The van der Waals surface area contributed by atoms with E-state index >= 15 is 0 Å². The number of rotatable bonds is 3. The molecule has 3 heteroatoms. The van der Waals surface area contributed by atoms with Gasteiger partial charge in [0.2, 0.25) is 0 Å². The fourth-order valence-corrected chi connectivity index (χ4v) is 3.09. The van der Waals surface area contributed by atoms with Crippen LogP contribution in [-0.2, 0) is 0 Å². The fourth-order valence-electron chi connectivity index (χ4n) is 2.74. The Kier molecular flexibility index (Phi) is 4.45. The van der Waals surface area contributed by atoms with Gasteiger partial charge < -0.3 is 10.6 Å². The van der Waals surface area contributed by atoms with Crippen molar-refractivity contribution in [1.29, 1.82) is 0 Å². The van der Waals surface area contributed by atoms with Crippen LogP contribution in [0.5, 0.6) is 0 Å². The molecular formula is C13H24N2S. The van der Waals surface area contributed by atoms with Crippen molar-refractivity contribution in [3.63, 3.8) is 0 Å². The third-order valence-corrected chi connectivity index (χ3v) is 4.39. The Morgan fingerprint density at radius 2 is 1.75 bits per heavy atom. The first-order valence-electron chi connectivity index (χ1n) is 6.83. The maximum atomic E-state index is 5.38. The summed E-state index contributed by atoms with van der Waals surface area (Å²) in [6.07, 6.45) is 10.9. The lowest BCUT2D eigenvalue weighted by Crippen LogP contribution is -2.48. The van der Waals surface area contributed by atoms with E-state index in [-0.39, 0.29) is 0 Å². The van der Waals surface area contributed by atoms with Crippen LogP contribution in [0.15, 0.2) is 0 Å². The highest BCUT2D eigenvalue weighted by Gasteiger charge is 2.24. The predicted octanol–water partition coefficient (Wildman–Crippen LogP) is 2.97. The van der Waals surface area contributed by atoms with E-state index in [9.17, 15) is 0 Å². The minimum absolute atomic E-state index is 0.553. The van der Waals surface area contributed by atoms with Crippen LogP contribution >= 0.6 is 12.2 Å². The normalized spacial score (nSPS) is 24.6. The second-order valence-electron chi connectivity index (χ2n) is 5.43. The monoisotopic (exact) mass is 240 g/mol. The van der Waals surface area contributed by atoms with Gasteiger partial charge in [0, 0.05) is 12.1 Å². The molecule has 0 aromatic rings. The lowest BCUT2D eigenvalue weighted by molar-refractivity contribution is 0.257. The third kappa shape index (κ3) is 3.34. The highest BCUT2D eigenvalue weighted by Crippen LogP contribution is 2.29. The summed E-state index contributed by atoms with van der Waals surface area (Å²) in [5.74, 6) is 0.853. The molecule has 0 amide bonds. The zero-order chi connectivity index (χ0) is 11.4. The Labute approximate surface area is 105 Å². The van der Waals surface area contributed by atoms with Gasteiger partial charge in [0.05, 0.1) is 0 Å². The fraction of sp³-hybridized carbons (Fsp3) is 0.923. The van der Waals surface area contributed by atoms with Gasteiger partial charge in [0.15, 0.2) is 5.11 Å². The van der Waals surface area contributed by atoms with Crippen molar-refractivity contribution in [1.82, 2.24) is 10.6 Å². The van der Waals surface area contributed by atoms with Crippen molar-refractivity contribution in [3.8, 4) is 0 Å². The Balaban J connectivity index is 1.66. The summed E-state index contributed by atoms with van der Waals surface area (Å²) in [6.45, 7) is 2.26. The summed E-state index contributed by atoms with van der Waals surface area (Å²) in [4.78, 5) is 0. The first-order valence-corrected chi connectivity index (χ1v) is 7.23. The first kappa shape index (κ1) is 12.2. The molecular weight excluding hydrogens is 216 g/mol. The van der Waals surface area contributed by atoms with Crippen LogP contribution in [-0.4, -0.2) is 17.2 Å². The molecule has 16 heavy (non-hydrogen) atoms. The minimum atomic E-state index is 0.553. The van der Waals surface area contributed by atoms with Crippen LogP contribution in [0.25, 0.3) is 0 Å². The summed E-state index contributed by atoms with van der Waals surface area (Å²) >= 11 is 5.38. The van der Waals surface area contributed by atoms with Gasteiger partial charge in [-0.3, -0.25) is 0 Å². The van der Waals surface area contributed by atoms with E-state index < -0.39 is 0 Å². The van der Waals surface area contributed by atoms with Crippen LogP contribution in [0, 0.1) is 5.92 Å². The van der Waals surface area contributed by atoms with Gasteiger partial charge >= 0.3 is 0 Å². The summed E-state index contributed by atoms with van der Waals surface area (Å²) in [6, 6.07) is 1.18. The molecule has 0 aromatic carbocycles. The summed E-state index contributed by atoms with van der Waals surface area (Å²) in [7, 11) is 0. The number of hydrogen-bond donors (Lipinski definition) is 2. The Morgan fingerprint density at radius 1 is 1.06 bits per heavy atom. The number of hydrogen-bond acceptors (Lipinski definition) is 1. The minimum Gasteiger partial charge on any atom is -0.360 e. The van der Waals surface area contributed by atoms with Crippen LogP contribution in [0.1, 0.15) is 58.3 Å². The standard InChI is InChI=1S/C13H24N2S/c1-10(11-6-5-7-11)14-13(16)15-12-8-3-2-4-9-12/h10-12H,2-9H2,1H3,(H2,14,15,16). The molecule has 0 radical (unpaired) electrons. The van der Waals surface area contributed by atoms with E-state index in [0.717, 1.165) is 11.0 Å². The van der Waals surface area contributed by atoms with Gasteiger partial charge in [-0.1, -0.05) is 25.7 Å². The molecule has 2 nitrogen and oxygen atoms in total. The van der Waals surface area contributed by atoms with E-state index in [4.69, 9.17) is 12.2 Å². The zero-order valence-corrected chi connectivity index (χ0v) is 11.1. The van der Waals surface area contributed by atoms with Gasteiger partial charge in [0.1, 0.15) is 0 Å². The lowest BCUT2D eigenvalue weighted by Gasteiger charge is -2.33.